The van der Waals surface area contributed by atoms with Crippen LogP contribution in [0.3, 0.4) is 0 Å². The Morgan fingerprint density at radius 2 is 1.50 bits per heavy atom. The van der Waals surface area contributed by atoms with Crippen molar-refractivity contribution in [3.05, 3.63) is 35.4 Å². The molecule has 0 saturated heterocycles. The largest absolute Gasteiger partial charge is 0.478 e. The van der Waals surface area contributed by atoms with E-state index >= 15 is 0 Å². The van der Waals surface area contributed by atoms with Crippen LogP contribution in [0.25, 0.3) is 0 Å². The summed E-state index contributed by atoms with van der Waals surface area (Å²) >= 11 is 0. The summed E-state index contributed by atoms with van der Waals surface area (Å²) in [6.07, 6.45) is -7.61. The number of halogens is 10. The Labute approximate surface area is 136 Å². The number of carbonyl (C=O) groups is 1. The SMILES string of the molecule is O=C(O)c1cnc(C2(F)C=CC(F)(F)C(F)(F)C2(F)F)nc1C(F)(F)F. The van der Waals surface area contributed by atoms with Gasteiger partial charge >= 0.3 is 29.9 Å². The van der Waals surface area contributed by atoms with Crippen molar-refractivity contribution in [2.75, 3.05) is 0 Å². The molecule has 1 unspecified atom stereocenters. The highest BCUT2D eigenvalue weighted by molar-refractivity contribution is 5.88. The Hall–Kier alpha value is -2.41. The van der Waals surface area contributed by atoms with Crippen molar-refractivity contribution in [1.29, 1.82) is 0 Å². The molecule has 0 bridgehead atoms. The molecule has 1 atom stereocenters. The number of hydrogen-bond donors (Lipinski definition) is 1. The molecule has 0 aliphatic heterocycles. The first-order valence-electron chi connectivity index (χ1n) is 6.20. The first-order valence-corrected chi connectivity index (χ1v) is 6.20. The van der Waals surface area contributed by atoms with Crippen LogP contribution < -0.4 is 0 Å². The monoisotopic (exact) mass is 398 g/mol. The predicted octanol–water partition coefficient (Wildman–Crippen LogP) is 3.83. The van der Waals surface area contributed by atoms with Crippen LogP contribution in [0.2, 0.25) is 0 Å². The molecule has 1 aliphatic carbocycles. The number of hydrogen-bond acceptors (Lipinski definition) is 3. The number of carboxylic acids is 1. The summed E-state index contributed by atoms with van der Waals surface area (Å²) in [6, 6.07) is 0. The first-order chi connectivity index (χ1) is 11.5. The maximum Gasteiger partial charge on any atom is 0.434 e. The van der Waals surface area contributed by atoms with Gasteiger partial charge in [0.1, 0.15) is 5.56 Å². The summed E-state index contributed by atoms with van der Waals surface area (Å²) in [4.78, 5) is 15.6. The topological polar surface area (TPSA) is 63.1 Å². The van der Waals surface area contributed by atoms with Gasteiger partial charge in [0.25, 0.3) is 5.67 Å². The lowest BCUT2D eigenvalue weighted by Crippen LogP contribution is -2.64. The lowest BCUT2D eigenvalue weighted by Gasteiger charge is -2.41. The van der Waals surface area contributed by atoms with E-state index in [2.05, 4.69) is 9.97 Å². The maximum atomic E-state index is 14.5. The second-order valence-electron chi connectivity index (χ2n) is 5.08. The van der Waals surface area contributed by atoms with Gasteiger partial charge in [0.15, 0.2) is 11.5 Å². The minimum Gasteiger partial charge on any atom is -0.478 e. The standard InChI is InChI=1S/C12H4F10N2O2/c13-8(1-2-9(14,15)12(21,22)11(8,19)20)7-23-3-4(6(25)26)5(24-7)10(16,17)18/h1-3H,(H,25,26). The lowest BCUT2D eigenvalue weighted by atomic mass is 9.82. The minimum atomic E-state index is -6.34. The fraction of sp³-hybridized carbons (Fsp3) is 0.417. The fourth-order valence-electron chi connectivity index (χ4n) is 2.01. The molecule has 0 amide bonds. The summed E-state index contributed by atoms with van der Waals surface area (Å²) in [5.41, 5.74) is -9.07. The Morgan fingerprint density at radius 1 is 0.962 bits per heavy atom. The highest BCUT2D eigenvalue weighted by Crippen LogP contribution is 2.59. The molecule has 0 saturated carbocycles. The summed E-state index contributed by atoms with van der Waals surface area (Å²) < 4.78 is 133. The van der Waals surface area contributed by atoms with Crippen LogP contribution >= 0.6 is 0 Å². The molecule has 14 heteroatoms. The average molecular weight is 398 g/mol. The predicted molar refractivity (Wildman–Crippen MR) is 60.8 cm³/mol. The summed E-state index contributed by atoms with van der Waals surface area (Å²) in [6.45, 7) is 0. The van der Waals surface area contributed by atoms with Crippen LogP contribution in [0.4, 0.5) is 43.9 Å². The summed E-state index contributed by atoms with van der Waals surface area (Å²) in [7, 11) is 0. The van der Waals surface area contributed by atoms with Gasteiger partial charge in [0, 0.05) is 6.20 Å². The number of rotatable bonds is 2. The van der Waals surface area contributed by atoms with Crippen molar-refractivity contribution in [3.8, 4) is 0 Å². The average Bonchev–Trinajstić information content (AvgIpc) is 2.49. The van der Waals surface area contributed by atoms with E-state index in [0.29, 0.717) is 0 Å². The van der Waals surface area contributed by atoms with E-state index in [0.717, 1.165) is 0 Å². The quantitative estimate of drug-likeness (QED) is 0.608. The molecule has 4 nitrogen and oxygen atoms in total. The Morgan fingerprint density at radius 3 is 1.96 bits per heavy atom. The van der Waals surface area contributed by atoms with Crippen molar-refractivity contribution in [1.82, 2.24) is 9.97 Å². The van der Waals surface area contributed by atoms with E-state index < -0.39 is 64.8 Å². The molecule has 1 N–H and O–H groups in total. The third-order valence-corrected chi connectivity index (χ3v) is 3.41. The molecule has 0 spiro atoms. The number of aromatic carboxylic acids is 1. The summed E-state index contributed by atoms with van der Waals surface area (Å²) in [5.74, 6) is -22.6. The van der Waals surface area contributed by atoms with Crippen molar-refractivity contribution in [3.63, 3.8) is 0 Å². The van der Waals surface area contributed by atoms with Crippen molar-refractivity contribution in [2.45, 2.75) is 29.6 Å². The molecule has 144 valence electrons. The number of aromatic nitrogens is 2. The third-order valence-electron chi connectivity index (χ3n) is 3.41. The van der Waals surface area contributed by atoms with E-state index in [1.165, 1.54) is 0 Å². The highest BCUT2D eigenvalue weighted by Gasteiger charge is 2.81. The number of allylic oxidation sites excluding steroid dienone is 2. The summed E-state index contributed by atoms with van der Waals surface area (Å²) in [5, 5.41) is 8.59. The van der Waals surface area contributed by atoms with E-state index in [-0.39, 0.29) is 6.20 Å². The smallest absolute Gasteiger partial charge is 0.434 e. The zero-order valence-corrected chi connectivity index (χ0v) is 11.8. The molecule has 26 heavy (non-hydrogen) atoms. The molecule has 1 aromatic rings. The van der Waals surface area contributed by atoms with Gasteiger partial charge in [-0.2, -0.15) is 39.5 Å². The second-order valence-corrected chi connectivity index (χ2v) is 5.08. The van der Waals surface area contributed by atoms with Crippen LogP contribution in [-0.4, -0.2) is 38.8 Å². The Bertz CT molecular complexity index is 789. The van der Waals surface area contributed by atoms with Gasteiger partial charge in [-0.1, -0.05) is 0 Å². The molecule has 0 radical (unpaired) electrons. The molecule has 0 aromatic carbocycles. The molecular formula is C12H4F10N2O2. The van der Waals surface area contributed by atoms with E-state index in [1.54, 1.807) is 0 Å². The van der Waals surface area contributed by atoms with Gasteiger partial charge < -0.3 is 5.11 Å². The highest BCUT2D eigenvalue weighted by atomic mass is 19.4. The van der Waals surface area contributed by atoms with Gasteiger partial charge in [-0.25, -0.2) is 19.2 Å². The number of nitrogens with zero attached hydrogens (tertiary/aromatic N) is 2. The van der Waals surface area contributed by atoms with Gasteiger partial charge in [-0.05, 0) is 12.2 Å². The molecule has 1 heterocycles. The first kappa shape index (κ1) is 19.9. The molecule has 1 aliphatic rings. The maximum absolute atomic E-state index is 14.5. The van der Waals surface area contributed by atoms with Crippen LogP contribution in [0, 0.1) is 0 Å². The molecule has 2 rings (SSSR count). The fourth-order valence-corrected chi connectivity index (χ4v) is 2.01. The van der Waals surface area contributed by atoms with Crippen LogP contribution in [0.1, 0.15) is 21.9 Å². The Kier molecular flexibility index (Phi) is 4.06. The zero-order chi connectivity index (χ0) is 20.3. The van der Waals surface area contributed by atoms with Crippen molar-refractivity contribution < 1.29 is 53.8 Å². The normalized spacial score (nSPS) is 26.5. The van der Waals surface area contributed by atoms with E-state index in [4.69, 9.17) is 5.11 Å². The van der Waals surface area contributed by atoms with Gasteiger partial charge in [0.2, 0.25) is 0 Å². The molecule has 0 fully saturated rings. The number of alkyl halides is 10. The van der Waals surface area contributed by atoms with E-state index in [1.807, 2.05) is 0 Å². The van der Waals surface area contributed by atoms with Gasteiger partial charge in [-0.3, -0.25) is 0 Å². The van der Waals surface area contributed by atoms with Crippen LogP contribution in [-0.2, 0) is 11.8 Å². The van der Waals surface area contributed by atoms with Gasteiger partial charge in [-0.15, -0.1) is 0 Å². The van der Waals surface area contributed by atoms with E-state index in [9.17, 15) is 48.7 Å². The number of carboxylic acid groups (broad SMARTS) is 1. The third kappa shape index (κ3) is 2.49. The molecule has 1 aromatic heterocycles. The second kappa shape index (κ2) is 5.30. The zero-order valence-electron chi connectivity index (χ0n) is 11.8. The van der Waals surface area contributed by atoms with Crippen LogP contribution in [0.5, 0.6) is 0 Å². The molecular weight excluding hydrogens is 394 g/mol. The lowest BCUT2D eigenvalue weighted by molar-refractivity contribution is -0.334. The minimum absolute atomic E-state index is 0.246. The van der Waals surface area contributed by atoms with Gasteiger partial charge in [0.05, 0.1) is 0 Å². The Balaban J connectivity index is 2.77. The van der Waals surface area contributed by atoms with Crippen LogP contribution in [0.15, 0.2) is 18.3 Å². The van der Waals surface area contributed by atoms with Crippen molar-refractivity contribution >= 4 is 5.97 Å². The van der Waals surface area contributed by atoms with Crippen molar-refractivity contribution in [2.24, 2.45) is 0 Å².